The molecule has 5 heteroatoms. The van der Waals surface area contributed by atoms with Crippen molar-refractivity contribution >= 4 is 33.2 Å². The van der Waals surface area contributed by atoms with Crippen LogP contribution in [0.3, 0.4) is 0 Å². The molecule has 2 heterocycles. The topological polar surface area (TPSA) is 46.5 Å². The minimum absolute atomic E-state index is 0.217. The first-order chi connectivity index (χ1) is 7.54. The summed E-state index contributed by atoms with van der Waals surface area (Å²) in [7, 11) is 0. The molecule has 0 aromatic carbocycles. The Morgan fingerprint density at radius 2 is 2.50 bits per heavy atom. The molecule has 2 rings (SSSR count). The van der Waals surface area contributed by atoms with Crippen molar-refractivity contribution in [1.82, 2.24) is 0 Å². The lowest BCUT2D eigenvalue weighted by atomic mass is 9.78. The Morgan fingerprint density at radius 1 is 1.75 bits per heavy atom. The molecular formula is C11H13BrO3S. The maximum Gasteiger partial charge on any atom is 0.312 e. The van der Waals surface area contributed by atoms with Crippen LogP contribution in [-0.2, 0) is 16.0 Å². The van der Waals surface area contributed by atoms with Crippen molar-refractivity contribution in [3.05, 3.63) is 20.8 Å². The minimum Gasteiger partial charge on any atom is -0.481 e. The fraction of sp³-hybridized carbons (Fsp3) is 0.545. The van der Waals surface area contributed by atoms with Gasteiger partial charge in [0.05, 0.1) is 9.89 Å². The number of hydrogen-bond acceptors (Lipinski definition) is 3. The zero-order valence-electron chi connectivity index (χ0n) is 8.90. The van der Waals surface area contributed by atoms with Gasteiger partial charge >= 0.3 is 5.97 Å². The van der Waals surface area contributed by atoms with Crippen molar-refractivity contribution in [2.24, 2.45) is 5.41 Å². The Balaban J connectivity index is 2.24. The summed E-state index contributed by atoms with van der Waals surface area (Å²) in [6, 6.07) is 3.93. The number of rotatable bonds is 3. The highest BCUT2D eigenvalue weighted by molar-refractivity contribution is 9.11. The number of thiophene rings is 1. The van der Waals surface area contributed by atoms with E-state index in [1.165, 1.54) is 0 Å². The smallest absolute Gasteiger partial charge is 0.312 e. The van der Waals surface area contributed by atoms with E-state index < -0.39 is 11.4 Å². The van der Waals surface area contributed by atoms with Gasteiger partial charge in [-0.15, -0.1) is 11.3 Å². The Kier molecular flexibility index (Phi) is 3.37. The first-order valence-electron chi connectivity index (χ1n) is 5.14. The maximum atomic E-state index is 11.5. The van der Waals surface area contributed by atoms with Crippen molar-refractivity contribution in [3.63, 3.8) is 0 Å². The van der Waals surface area contributed by atoms with Crippen LogP contribution in [0, 0.1) is 5.41 Å². The fourth-order valence-electron chi connectivity index (χ4n) is 2.13. The van der Waals surface area contributed by atoms with Gasteiger partial charge in [0, 0.05) is 17.9 Å². The molecule has 3 nitrogen and oxygen atoms in total. The van der Waals surface area contributed by atoms with Crippen molar-refractivity contribution in [1.29, 1.82) is 0 Å². The molecule has 1 aromatic rings. The number of hydrogen-bond donors (Lipinski definition) is 1. The molecule has 0 spiro atoms. The lowest BCUT2D eigenvalue weighted by molar-refractivity contribution is -0.151. The van der Waals surface area contributed by atoms with Gasteiger partial charge in [-0.05, 0) is 41.4 Å². The maximum absolute atomic E-state index is 11.5. The van der Waals surface area contributed by atoms with E-state index in [1.807, 2.05) is 19.1 Å². The SMILES string of the molecule is CC1OCCC1(Cc1ccc(Br)s1)C(=O)O. The van der Waals surface area contributed by atoms with Crippen LogP contribution in [0.4, 0.5) is 0 Å². The monoisotopic (exact) mass is 304 g/mol. The third-order valence-corrected chi connectivity index (χ3v) is 4.86. The van der Waals surface area contributed by atoms with Crippen LogP contribution in [0.15, 0.2) is 15.9 Å². The fourth-order valence-corrected chi connectivity index (χ4v) is 3.74. The third-order valence-electron chi connectivity index (χ3n) is 3.24. The number of aliphatic carboxylic acids is 1. The Bertz CT molecular complexity index is 404. The molecule has 0 bridgehead atoms. The van der Waals surface area contributed by atoms with Gasteiger partial charge in [0.1, 0.15) is 5.41 Å². The molecule has 1 aliphatic rings. The summed E-state index contributed by atoms with van der Waals surface area (Å²) in [6.07, 6.45) is 0.935. The summed E-state index contributed by atoms with van der Waals surface area (Å²) in [5, 5.41) is 9.42. The Labute approximate surface area is 107 Å². The van der Waals surface area contributed by atoms with Gasteiger partial charge in [-0.1, -0.05) is 0 Å². The lowest BCUT2D eigenvalue weighted by Crippen LogP contribution is -2.39. The average molecular weight is 305 g/mol. The second-order valence-electron chi connectivity index (χ2n) is 4.11. The van der Waals surface area contributed by atoms with Gasteiger partial charge in [-0.25, -0.2) is 0 Å². The van der Waals surface area contributed by atoms with Crippen LogP contribution >= 0.6 is 27.3 Å². The van der Waals surface area contributed by atoms with Crippen LogP contribution in [-0.4, -0.2) is 23.8 Å². The number of halogens is 1. The number of carbonyl (C=O) groups is 1. The van der Waals surface area contributed by atoms with Crippen molar-refractivity contribution in [2.75, 3.05) is 6.61 Å². The van der Waals surface area contributed by atoms with E-state index in [2.05, 4.69) is 15.9 Å². The summed E-state index contributed by atoms with van der Waals surface area (Å²) < 4.78 is 6.46. The standard InChI is InChI=1S/C11H13BrO3S/c1-7-11(10(13)14,4-5-15-7)6-8-2-3-9(12)16-8/h2-3,7H,4-6H2,1H3,(H,13,14). The van der Waals surface area contributed by atoms with E-state index in [0.717, 1.165) is 8.66 Å². The molecule has 0 aliphatic carbocycles. The highest BCUT2D eigenvalue weighted by Gasteiger charge is 2.48. The van der Waals surface area contributed by atoms with Gasteiger partial charge in [0.15, 0.2) is 0 Å². The quantitative estimate of drug-likeness (QED) is 0.934. The summed E-state index contributed by atoms with van der Waals surface area (Å²) >= 11 is 4.98. The second kappa shape index (κ2) is 4.47. The largest absolute Gasteiger partial charge is 0.481 e. The van der Waals surface area contributed by atoms with E-state index in [0.29, 0.717) is 19.4 Å². The molecule has 0 amide bonds. The highest BCUT2D eigenvalue weighted by Crippen LogP contribution is 2.40. The highest BCUT2D eigenvalue weighted by atomic mass is 79.9. The van der Waals surface area contributed by atoms with Gasteiger partial charge < -0.3 is 9.84 Å². The summed E-state index contributed by atoms with van der Waals surface area (Å²) in [6.45, 7) is 2.39. The van der Waals surface area contributed by atoms with Crippen LogP contribution in [0.5, 0.6) is 0 Å². The normalized spacial score (nSPS) is 29.5. The van der Waals surface area contributed by atoms with E-state index in [1.54, 1.807) is 11.3 Å². The number of ether oxygens (including phenoxy) is 1. The molecule has 1 aliphatic heterocycles. The molecule has 1 N–H and O–H groups in total. The molecule has 1 aromatic heterocycles. The van der Waals surface area contributed by atoms with Crippen LogP contribution in [0.25, 0.3) is 0 Å². The molecule has 0 saturated carbocycles. The van der Waals surface area contributed by atoms with E-state index in [4.69, 9.17) is 4.74 Å². The van der Waals surface area contributed by atoms with Crippen LogP contribution < -0.4 is 0 Å². The molecular weight excluding hydrogens is 292 g/mol. The Morgan fingerprint density at radius 3 is 2.94 bits per heavy atom. The van der Waals surface area contributed by atoms with Crippen molar-refractivity contribution in [2.45, 2.75) is 25.9 Å². The molecule has 2 atom stereocenters. The van der Waals surface area contributed by atoms with Crippen LogP contribution in [0.1, 0.15) is 18.2 Å². The number of carboxylic acid groups (broad SMARTS) is 1. The predicted molar refractivity (Wildman–Crippen MR) is 65.8 cm³/mol. The predicted octanol–water partition coefficient (Wildman–Crippen LogP) is 2.93. The number of carboxylic acids is 1. The Hall–Kier alpha value is -0.390. The average Bonchev–Trinajstić information content (AvgIpc) is 2.76. The summed E-state index contributed by atoms with van der Waals surface area (Å²) in [5.74, 6) is -0.748. The zero-order chi connectivity index (χ0) is 11.8. The summed E-state index contributed by atoms with van der Waals surface area (Å²) in [5.41, 5.74) is -0.746. The van der Waals surface area contributed by atoms with Gasteiger partial charge in [0.2, 0.25) is 0 Å². The van der Waals surface area contributed by atoms with Crippen molar-refractivity contribution in [3.8, 4) is 0 Å². The molecule has 1 fully saturated rings. The van der Waals surface area contributed by atoms with E-state index in [9.17, 15) is 9.90 Å². The first kappa shape index (κ1) is 12.1. The first-order valence-corrected chi connectivity index (χ1v) is 6.75. The zero-order valence-corrected chi connectivity index (χ0v) is 11.3. The molecule has 88 valence electrons. The van der Waals surface area contributed by atoms with Gasteiger partial charge in [-0.2, -0.15) is 0 Å². The molecule has 1 saturated heterocycles. The minimum atomic E-state index is -0.748. The molecule has 2 unspecified atom stereocenters. The lowest BCUT2D eigenvalue weighted by Gasteiger charge is -2.26. The van der Waals surface area contributed by atoms with E-state index in [-0.39, 0.29) is 6.10 Å². The van der Waals surface area contributed by atoms with E-state index >= 15 is 0 Å². The van der Waals surface area contributed by atoms with Crippen molar-refractivity contribution < 1.29 is 14.6 Å². The summed E-state index contributed by atoms with van der Waals surface area (Å²) in [4.78, 5) is 12.5. The van der Waals surface area contributed by atoms with Gasteiger partial charge in [0.25, 0.3) is 0 Å². The molecule has 0 radical (unpaired) electrons. The third kappa shape index (κ3) is 2.04. The molecule has 16 heavy (non-hydrogen) atoms. The second-order valence-corrected chi connectivity index (χ2v) is 6.65. The van der Waals surface area contributed by atoms with Crippen LogP contribution in [0.2, 0.25) is 0 Å². The van der Waals surface area contributed by atoms with Gasteiger partial charge in [-0.3, -0.25) is 4.79 Å².